The summed E-state index contributed by atoms with van der Waals surface area (Å²) in [6, 6.07) is 0. The number of hydrogen-bond acceptors (Lipinski definition) is 4. The van der Waals surface area contributed by atoms with Crippen LogP contribution in [0.3, 0.4) is 0 Å². The molecular weight excluding hydrogens is 315 g/mol. The molecule has 0 aliphatic heterocycles. The smallest absolute Gasteiger partial charge is 0.319 e. The minimum Gasteiger partial charge on any atom is -0.480 e. The van der Waals surface area contributed by atoms with Crippen LogP contribution in [-0.2, 0) is 4.79 Å². The van der Waals surface area contributed by atoms with Gasteiger partial charge in [-0.1, -0.05) is 11.8 Å². The maximum atomic E-state index is 10.8. The van der Waals surface area contributed by atoms with E-state index in [0.717, 1.165) is 15.3 Å². The summed E-state index contributed by atoms with van der Waals surface area (Å²) < 4.78 is 0.0346. The number of carboxylic acid groups (broad SMARTS) is 1. The van der Waals surface area contributed by atoms with Crippen LogP contribution in [0.1, 0.15) is 13.8 Å². The van der Waals surface area contributed by atoms with Crippen LogP contribution in [-0.4, -0.2) is 25.8 Å². The summed E-state index contributed by atoms with van der Waals surface area (Å²) in [6.45, 7) is 3.25. The van der Waals surface area contributed by atoms with Crippen LogP contribution in [0.4, 0.5) is 0 Å². The molecule has 0 radical (unpaired) electrons. The summed E-state index contributed by atoms with van der Waals surface area (Å²) in [4.78, 5) is 18.9. The summed E-state index contributed by atoms with van der Waals surface area (Å²) in [5.74, 6) is -0.871. The Morgan fingerprint density at radius 2 is 2.00 bits per heavy atom. The first-order chi connectivity index (χ1) is 6.42. The van der Waals surface area contributed by atoms with Crippen molar-refractivity contribution in [3.05, 3.63) is 16.0 Å². The molecule has 0 saturated heterocycles. The molecule has 1 heterocycles. The molecule has 4 nitrogen and oxygen atoms in total. The first-order valence-electron chi connectivity index (χ1n) is 3.82. The van der Waals surface area contributed by atoms with Crippen LogP contribution in [0.2, 0.25) is 0 Å². The van der Waals surface area contributed by atoms with Crippen LogP contribution >= 0.6 is 34.4 Å². The molecule has 0 bridgehead atoms. The van der Waals surface area contributed by atoms with Crippen molar-refractivity contribution < 1.29 is 9.90 Å². The number of carbonyl (C=O) groups is 1. The number of nitrogens with zero attached hydrogens (tertiary/aromatic N) is 2. The van der Waals surface area contributed by atoms with Gasteiger partial charge < -0.3 is 5.11 Å². The summed E-state index contributed by atoms with van der Waals surface area (Å²) in [5.41, 5.74) is 0. The van der Waals surface area contributed by atoms with Crippen molar-refractivity contribution in [1.29, 1.82) is 0 Å². The normalized spacial score (nSPS) is 11.4. The lowest BCUT2D eigenvalue weighted by molar-refractivity contribution is -0.138. The van der Waals surface area contributed by atoms with Crippen molar-refractivity contribution in [2.75, 3.05) is 0 Å². The van der Waals surface area contributed by atoms with Gasteiger partial charge in [-0.15, -0.1) is 0 Å². The molecule has 14 heavy (non-hydrogen) atoms. The molecule has 0 atom stereocenters. The molecule has 6 heteroatoms. The van der Waals surface area contributed by atoms with E-state index in [9.17, 15) is 4.79 Å². The first-order valence-corrected chi connectivity index (χ1v) is 5.71. The average Bonchev–Trinajstić information content (AvgIpc) is 2.08. The van der Waals surface area contributed by atoms with Crippen molar-refractivity contribution in [3.63, 3.8) is 0 Å². The maximum absolute atomic E-state index is 10.8. The van der Waals surface area contributed by atoms with Crippen molar-refractivity contribution in [2.24, 2.45) is 0 Å². The predicted octanol–water partition coefficient (Wildman–Crippen LogP) is 2.04. The van der Waals surface area contributed by atoms with Crippen LogP contribution < -0.4 is 0 Å². The molecule has 1 rings (SSSR count). The van der Waals surface area contributed by atoms with Crippen LogP contribution in [0.25, 0.3) is 0 Å². The summed E-state index contributed by atoms with van der Waals surface area (Å²) in [7, 11) is 0. The fourth-order valence-electron chi connectivity index (χ4n) is 0.625. The highest BCUT2D eigenvalue weighted by Gasteiger charge is 2.29. The first kappa shape index (κ1) is 11.7. The molecule has 0 aliphatic rings. The van der Waals surface area contributed by atoms with E-state index in [0.29, 0.717) is 5.16 Å². The Morgan fingerprint density at radius 3 is 2.43 bits per heavy atom. The molecule has 0 amide bonds. The van der Waals surface area contributed by atoms with E-state index >= 15 is 0 Å². The van der Waals surface area contributed by atoms with Crippen LogP contribution in [0.5, 0.6) is 0 Å². The molecule has 76 valence electrons. The van der Waals surface area contributed by atoms with Gasteiger partial charge >= 0.3 is 5.97 Å². The zero-order valence-electron chi connectivity index (χ0n) is 7.69. The highest BCUT2D eigenvalue weighted by Crippen LogP contribution is 2.29. The Bertz CT molecular complexity index is 340. The minimum atomic E-state index is -0.896. The number of aromatic nitrogens is 2. The minimum absolute atomic E-state index is 0.484. The van der Waals surface area contributed by atoms with Gasteiger partial charge in [0.15, 0.2) is 5.16 Å². The van der Waals surface area contributed by atoms with E-state index in [1.165, 1.54) is 0 Å². The number of hydrogen-bond donors (Lipinski definition) is 1. The lowest BCUT2D eigenvalue weighted by Crippen LogP contribution is -2.27. The number of thioether (sulfide) groups is 1. The molecule has 0 unspecified atom stereocenters. The topological polar surface area (TPSA) is 63.1 Å². The highest BCUT2D eigenvalue weighted by atomic mass is 127. The SMILES string of the molecule is CC(C)(Sc1ncc(I)cn1)C(=O)O. The van der Waals surface area contributed by atoms with Gasteiger partial charge in [0, 0.05) is 16.0 Å². The average molecular weight is 324 g/mol. The number of aliphatic carboxylic acids is 1. The Labute approximate surface area is 99.7 Å². The van der Waals surface area contributed by atoms with E-state index in [4.69, 9.17) is 5.11 Å². The Hall–Kier alpha value is -0.370. The summed E-state index contributed by atoms with van der Waals surface area (Å²) >= 11 is 3.23. The van der Waals surface area contributed by atoms with Crippen molar-refractivity contribution >= 4 is 40.3 Å². The van der Waals surface area contributed by atoms with Gasteiger partial charge in [-0.2, -0.15) is 0 Å². The third-order valence-corrected chi connectivity index (χ3v) is 3.09. The van der Waals surface area contributed by atoms with Gasteiger partial charge in [0.25, 0.3) is 0 Å². The fraction of sp³-hybridized carbons (Fsp3) is 0.375. The molecule has 0 aromatic carbocycles. The molecular formula is C8H9IN2O2S. The van der Waals surface area contributed by atoms with Gasteiger partial charge in [0.1, 0.15) is 4.75 Å². The monoisotopic (exact) mass is 324 g/mol. The van der Waals surface area contributed by atoms with Crippen LogP contribution in [0, 0.1) is 3.57 Å². The van der Waals surface area contributed by atoms with E-state index < -0.39 is 10.7 Å². The zero-order valence-corrected chi connectivity index (χ0v) is 10.7. The molecule has 0 spiro atoms. The second-order valence-electron chi connectivity index (χ2n) is 3.10. The summed E-state index contributed by atoms with van der Waals surface area (Å²) in [6.07, 6.45) is 3.32. The van der Waals surface area contributed by atoms with E-state index in [1.807, 2.05) is 0 Å². The maximum Gasteiger partial charge on any atom is 0.319 e. The summed E-state index contributed by atoms with van der Waals surface area (Å²) in [5, 5.41) is 9.36. The Balaban J connectivity index is 2.79. The second kappa shape index (κ2) is 4.43. The van der Waals surface area contributed by atoms with E-state index in [2.05, 4.69) is 32.6 Å². The van der Waals surface area contributed by atoms with E-state index in [-0.39, 0.29) is 0 Å². The fourth-order valence-corrected chi connectivity index (χ4v) is 1.66. The molecule has 0 aliphatic carbocycles. The van der Waals surface area contributed by atoms with Crippen molar-refractivity contribution in [3.8, 4) is 0 Å². The lowest BCUT2D eigenvalue weighted by Gasteiger charge is -2.16. The number of carboxylic acids is 1. The van der Waals surface area contributed by atoms with Crippen LogP contribution in [0.15, 0.2) is 17.6 Å². The van der Waals surface area contributed by atoms with Gasteiger partial charge in [0.2, 0.25) is 0 Å². The Morgan fingerprint density at radius 1 is 1.50 bits per heavy atom. The number of halogens is 1. The van der Waals surface area contributed by atoms with Crippen molar-refractivity contribution in [2.45, 2.75) is 23.8 Å². The lowest BCUT2D eigenvalue weighted by atomic mass is 10.2. The standard InChI is InChI=1S/C8H9IN2O2S/c1-8(2,6(12)13)14-7-10-3-5(9)4-11-7/h3-4H,1-2H3,(H,12,13). The Kier molecular flexibility index (Phi) is 3.71. The molecule has 1 aromatic heterocycles. The van der Waals surface area contributed by atoms with E-state index in [1.54, 1.807) is 26.2 Å². The molecule has 0 fully saturated rings. The van der Waals surface area contributed by atoms with Gasteiger partial charge in [0.05, 0.1) is 0 Å². The third kappa shape index (κ3) is 3.09. The number of rotatable bonds is 3. The van der Waals surface area contributed by atoms with Crippen molar-refractivity contribution in [1.82, 2.24) is 9.97 Å². The third-order valence-electron chi connectivity index (χ3n) is 1.46. The highest BCUT2D eigenvalue weighted by molar-refractivity contribution is 14.1. The van der Waals surface area contributed by atoms with Gasteiger partial charge in [-0.25, -0.2) is 9.97 Å². The molecule has 0 saturated carbocycles. The largest absolute Gasteiger partial charge is 0.480 e. The predicted molar refractivity (Wildman–Crippen MR) is 62.3 cm³/mol. The molecule has 1 aromatic rings. The second-order valence-corrected chi connectivity index (χ2v) is 5.94. The van der Waals surface area contributed by atoms with Gasteiger partial charge in [-0.3, -0.25) is 4.79 Å². The quantitative estimate of drug-likeness (QED) is 0.524. The zero-order chi connectivity index (χ0) is 10.8. The van der Waals surface area contributed by atoms with Gasteiger partial charge in [-0.05, 0) is 36.4 Å². The molecule has 1 N–H and O–H groups in total.